The Kier molecular flexibility index (Phi) is 4.55. The van der Waals surface area contributed by atoms with E-state index in [2.05, 4.69) is 43.0 Å². The van der Waals surface area contributed by atoms with Gasteiger partial charge in [-0.3, -0.25) is 4.90 Å². The van der Waals surface area contributed by atoms with Crippen molar-refractivity contribution in [3.05, 3.63) is 35.4 Å². The summed E-state index contributed by atoms with van der Waals surface area (Å²) in [6.45, 7) is 7.80. The van der Waals surface area contributed by atoms with Crippen LogP contribution in [-0.4, -0.2) is 48.7 Å². The van der Waals surface area contributed by atoms with Gasteiger partial charge in [-0.1, -0.05) is 24.3 Å². The van der Waals surface area contributed by atoms with E-state index < -0.39 is 0 Å². The summed E-state index contributed by atoms with van der Waals surface area (Å²) in [7, 11) is 0. The first kappa shape index (κ1) is 15.3. The average Bonchev–Trinajstić information content (AvgIpc) is 2.46. The van der Waals surface area contributed by atoms with Gasteiger partial charge in [-0.25, -0.2) is 0 Å². The van der Waals surface area contributed by atoms with Gasteiger partial charge in [0.15, 0.2) is 0 Å². The second kappa shape index (κ2) is 6.25. The summed E-state index contributed by atoms with van der Waals surface area (Å²) in [4.78, 5) is 2.43. The topological polar surface area (TPSA) is 21.7 Å². The molecular weight excluding hydrogens is 286 g/mol. The highest BCUT2D eigenvalue weighted by atomic mass is 35.5. The zero-order chi connectivity index (χ0) is 14.9. The van der Waals surface area contributed by atoms with Gasteiger partial charge in [0.2, 0.25) is 0 Å². The summed E-state index contributed by atoms with van der Waals surface area (Å²) in [5.74, 6) is 0.544. The number of nitrogens with zero attached hydrogens (tertiary/aromatic N) is 1. The third kappa shape index (κ3) is 3.59. The van der Waals surface area contributed by atoms with Crippen LogP contribution in [0.25, 0.3) is 0 Å². The number of rotatable bonds is 3. The van der Waals surface area contributed by atoms with Crippen LogP contribution in [0.5, 0.6) is 0 Å². The summed E-state index contributed by atoms with van der Waals surface area (Å²) in [6.07, 6.45) is 1.29. The maximum absolute atomic E-state index is 6.03. The summed E-state index contributed by atoms with van der Waals surface area (Å²) < 4.78 is 12.0. The number of halogens is 1. The molecule has 21 heavy (non-hydrogen) atoms. The molecular formula is C17H24ClNO2. The van der Waals surface area contributed by atoms with Crippen LogP contribution in [0.2, 0.25) is 0 Å². The van der Waals surface area contributed by atoms with Crippen molar-refractivity contribution in [3.8, 4) is 0 Å². The van der Waals surface area contributed by atoms with Gasteiger partial charge in [-0.15, -0.1) is 11.6 Å². The number of morpholine rings is 1. The summed E-state index contributed by atoms with van der Waals surface area (Å²) in [5.41, 5.74) is 2.62. The zero-order valence-electron chi connectivity index (χ0n) is 12.8. The van der Waals surface area contributed by atoms with Crippen molar-refractivity contribution in [1.82, 2.24) is 4.90 Å². The standard InChI is InChI=1S/C17H24ClNO2/c1-17(2)12-19(10-14(9-18)21-17)11-16-15-6-4-3-5-13(15)7-8-20-16/h3-6,14,16H,7-12H2,1-2H3. The highest BCUT2D eigenvalue weighted by Gasteiger charge is 2.34. The fraction of sp³-hybridized carbons (Fsp3) is 0.647. The van der Waals surface area contributed by atoms with Crippen molar-refractivity contribution in [2.45, 2.75) is 38.1 Å². The Bertz CT molecular complexity index is 491. The highest BCUT2D eigenvalue weighted by Crippen LogP contribution is 2.30. The summed E-state index contributed by atoms with van der Waals surface area (Å²) in [6, 6.07) is 8.63. The maximum atomic E-state index is 6.03. The summed E-state index contributed by atoms with van der Waals surface area (Å²) >= 11 is 6.01. The van der Waals surface area contributed by atoms with Crippen LogP contribution in [0.3, 0.4) is 0 Å². The monoisotopic (exact) mass is 309 g/mol. The van der Waals surface area contributed by atoms with E-state index in [4.69, 9.17) is 21.1 Å². The molecule has 0 aromatic heterocycles. The van der Waals surface area contributed by atoms with E-state index in [0.29, 0.717) is 5.88 Å². The van der Waals surface area contributed by atoms with Crippen LogP contribution in [-0.2, 0) is 15.9 Å². The Morgan fingerprint density at radius 2 is 2.14 bits per heavy atom. The molecule has 4 heteroatoms. The number of alkyl halides is 1. The molecule has 1 saturated heterocycles. The molecule has 116 valence electrons. The van der Waals surface area contributed by atoms with E-state index in [9.17, 15) is 0 Å². The Balaban J connectivity index is 1.72. The largest absolute Gasteiger partial charge is 0.372 e. The molecule has 2 aliphatic heterocycles. The van der Waals surface area contributed by atoms with E-state index in [1.165, 1.54) is 11.1 Å². The SMILES string of the molecule is CC1(C)CN(CC2OCCc3ccccc32)CC(CCl)O1. The van der Waals surface area contributed by atoms with Gasteiger partial charge in [0, 0.05) is 25.5 Å². The minimum atomic E-state index is -0.147. The molecule has 3 nitrogen and oxygen atoms in total. The minimum Gasteiger partial charge on any atom is -0.372 e. The predicted molar refractivity (Wildman–Crippen MR) is 85.0 cm³/mol. The van der Waals surface area contributed by atoms with E-state index >= 15 is 0 Å². The number of ether oxygens (including phenoxy) is 2. The van der Waals surface area contributed by atoms with Gasteiger partial charge < -0.3 is 9.47 Å². The van der Waals surface area contributed by atoms with Crippen molar-refractivity contribution in [2.75, 3.05) is 32.1 Å². The number of hydrogen-bond donors (Lipinski definition) is 0. The van der Waals surface area contributed by atoms with E-state index in [-0.39, 0.29) is 17.8 Å². The molecule has 0 radical (unpaired) electrons. The van der Waals surface area contributed by atoms with Gasteiger partial charge in [0.25, 0.3) is 0 Å². The van der Waals surface area contributed by atoms with Crippen molar-refractivity contribution in [3.63, 3.8) is 0 Å². The van der Waals surface area contributed by atoms with Crippen molar-refractivity contribution < 1.29 is 9.47 Å². The smallest absolute Gasteiger partial charge is 0.0954 e. The van der Waals surface area contributed by atoms with Crippen LogP contribution in [0.4, 0.5) is 0 Å². The fourth-order valence-corrected chi connectivity index (χ4v) is 3.66. The van der Waals surface area contributed by atoms with E-state index in [1.807, 2.05) is 0 Å². The van der Waals surface area contributed by atoms with Crippen LogP contribution in [0.1, 0.15) is 31.1 Å². The fourth-order valence-electron chi connectivity index (χ4n) is 3.50. The van der Waals surface area contributed by atoms with Gasteiger partial charge in [0.05, 0.1) is 24.4 Å². The second-order valence-electron chi connectivity index (χ2n) is 6.66. The molecule has 0 spiro atoms. The Morgan fingerprint density at radius 1 is 1.33 bits per heavy atom. The second-order valence-corrected chi connectivity index (χ2v) is 6.96. The lowest BCUT2D eigenvalue weighted by Gasteiger charge is -2.43. The normalized spacial score (nSPS) is 29.1. The Labute approximate surface area is 132 Å². The predicted octanol–water partition coefficient (Wildman–Crippen LogP) is 3.02. The zero-order valence-corrected chi connectivity index (χ0v) is 13.6. The van der Waals surface area contributed by atoms with E-state index in [1.54, 1.807) is 0 Å². The molecule has 0 amide bonds. The molecule has 1 fully saturated rings. The van der Waals surface area contributed by atoms with Gasteiger partial charge in [-0.05, 0) is 31.4 Å². The first-order valence-corrected chi connectivity index (χ1v) is 8.26. The van der Waals surface area contributed by atoms with Gasteiger partial charge >= 0.3 is 0 Å². The number of benzene rings is 1. The van der Waals surface area contributed by atoms with Gasteiger partial charge in [-0.2, -0.15) is 0 Å². The van der Waals surface area contributed by atoms with Crippen LogP contribution in [0.15, 0.2) is 24.3 Å². The molecule has 2 heterocycles. The lowest BCUT2D eigenvalue weighted by atomic mass is 9.96. The first-order valence-electron chi connectivity index (χ1n) is 7.73. The average molecular weight is 310 g/mol. The quantitative estimate of drug-likeness (QED) is 0.801. The van der Waals surface area contributed by atoms with Crippen molar-refractivity contribution >= 4 is 11.6 Å². The van der Waals surface area contributed by atoms with Crippen molar-refractivity contribution in [2.24, 2.45) is 0 Å². The molecule has 1 aromatic carbocycles. The molecule has 3 rings (SSSR count). The lowest BCUT2D eigenvalue weighted by molar-refractivity contribution is -0.136. The third-order valence-corrected chi connectivity index (χ3v) is 4.58. The molecule has 0 bridgehead atoms. The lowest BCUT2D eigenvalue weighted by Crippen LogP contribution is -2.54. The maximum Gasteiger partial charge on any atom is 0.0954 e. The molecule has 2 aliphatic rings. The number of fused-ring (bicyclic) bond motifs is 1. The molecule has 2 atom stereocenters. The van der Waals surface area contributed by atoms with Crippen LogP contribution >= 0.6 is 11.6 Å². The molecule has 1 aromatic rings. The van der Waals surface area contributed by atoms with Crippen LogP contribution in [0, 0.1) is 0 Å². The molecule has 0 N–H and O–H groups in total. The summed E-state index contributed by atoms with van der Waals surface area (Å²) in [5, 5.41) is 0. The highest BCUT2D eigenvalue weighted by molar-refractivity contribution is 6.18. The van der Waals surface area contributed by atoms with Crippen LogP contribution < -0.4 is 0 Å². The number of hydrogen-bond acceptors (Lipinski definition) is 3. The third-order valence-electron chi connectivity index (χ3n) is 4.24. The molecule has 0 aliphatic carbocycles. The Hall–Kier alpha value is -0.610. The molecule has 0 saturated carbocycles. The first-order chi connectivity index (χ1) is 10.1. The van der Waals surface area contributed by atoms with E-state index in [0.717, 1.165) is 32.7 Å². The molecule has 2 unspecified atom stereocenters. The minimum absolute atomic E-state index is 0.106. The van der Waals surface area contributed by atoms with Crippen molar-refractivity contribution in [1.29, 1.82) is 0 Å². The Morgan fingerprint density at radius 3 is 2.95 bits per heavy atom. The van der Waals surface area contributed by atoms with Gasteiger partial charge in [0.1, 0.15) is 0 Å².